The van der Waals surface area contributed by atoms with Crippen molar-refractivity contribution < 1.29 is 8.91 Å². The van der Waals surface area contributed by atoms with Crippen molar-refractivity contribution in [1.29, 1.82) is 0 Å². The molecular weight excluding hydrogens is 391 g/mol. The topological polar surface area (TPSA) is 95.7 Å². The zero-order chi connectivity index (χ0) is 20.4. The molecular formula is C20H19FN6OS. The van der Waals surface area contributed by atoms with Gasteiger partial charge in [-0.3, -0.25) is 0 Å². The Hall–Kier alpha value is -3.20. The molecule has 7 nitrogen and oxygen atoms in total. The van der Waals surface area contributed by atoms with Gasteiger partial charge in [0, 0.05) is 5.56 Å². The third-order valence-corrected chi connectivity index (χ3v) is 5.34. The summed E-state index contributed by atoms with van der Waals surface area (Å²) < 4.78 is 20.6. The molecule has 4 rings (SSSR count). The van der Waals surface area contributed by atoms with E-state index in [0.29, 0.717) is 34.1 Å². The molecule has 0 unspecified atom stereocenters. The summed E-state index contributed by atoms with van der Waals surface area (Å²) in [5, 5.41) is 12.5. The maximum atomic E-state index is 14.0. The van der Waals surface area contributed by atoms with Gasteiger partial charge in [0.25, 0.3) is 0 Å². The molecule has 9 heteroatoms. The molecule has 0 aliphatic rings. The lowest BCUT2D eigenvalue weighted by molar-refractivity contribution is 0.391. The van der Waals surface area contributed by atoms with E-state index in [1.165, 1.54) is 28.1 Å². The van der Waals surface area contributed by atoms with Crippen LogP contribution in [0.2, 0.25) is 0 Å². The van der Waals surface area contributed by atoms with E-state index in [1.807, 2.05) is 12.1 Å². The van der Waals surface area contributed by atoms with Gasteiger partial charge in [0.15, 0.2) is 5.82 Å². The van der Waals surface area contributed by atoms with Gasteiger partial charge in [-0.25, -0.2) is 9.07 Å². The first-order valence-electron chi connectivity index (χ1n) is 9.04. The minimum atomic E-state index is -0.409. The second-order valence-electron chi connectivity index (χ2n) is 6.73. The minimum absolute atomic E-state index is 0.252. The number of hydrogen-bond donors (Lipinski definition) is 1. The van der Waals surface area contributed by atoms with Crippen molar-refractivity contribution in [1.82, 2.24) is 25.0 Å². The summed E-state index contributed by atoms with van der Waals surface area (Å²) in [5.74, 6) is 7.67. The number of nitrogens with zero attached hydrogens (tertiary/aromatic N) is 5. The Labute approximate surface area is 171 Å². The van der Waals surface area contributed by atoms with Gasteiger partial charge in [-0.05, 0) is 23.6 Å². The van der Waals surface area contributed by atoms with E-state index in [0.717, 1.165) is 5.56 Å². The number of hydrogen-bond acceptors (Lipinski definition) is 7. The van der Waals surface area contributed by atoms with E-state index in [9.17, 15) is 4.39 Å². The lowest BCUT2D eigenvalue weighted by Crippen LogP contribution is -2.12. The molecule has 148 valence electrons. The molecule has 0 aliphatic carbocycles. The largest absolute Gasteiger partial charge is 0.338 e. The van der Waals surface area contributed by atoms with Gasteiger partial charge in [-0.15, -0.1) is 10.2 Å². The van der Waals surface area contributed by atoms with Gasteiger partial charge in [-0.1, -0.05) is 67.2 Å². The second-order valence-corrected chi connectivity index (χ2v) is 7.68. The van der Waals surface area contributed by atoms with Gasteiger partial charge < -0.3 is 10.4 Å². The van der Waals surface area contributed by atoms with Crippen LogP contribution in [0.25, 0.3) is 22.8 Å². The Balaban J connectivity index is 1.46. The lowest BCUT2D eigenvalue weighted by atomic mass is 10.0. The van der Waals surface area contributed by atoms with Gasteiger partial charge in [0.1, 0.15) is 5.82 Å². The summed E-state index contributed by atoms with van der Waals surface area (Å²) in [4.78, 5) is 4.42. The maximum absolute atomic E-state index is 14.0. The molecule has 2 aromatic heterocycles. The monoisotopic (exact) mass is 410 g/mol. The fraction of sp³-hybridized carbons (Fsp3) is 0.200. The molecule has 0 amide bonds. The minimum Gasteiger partial charge on any atom is -0.338 e. The highest BCUT2D eigenvalue weighted by Crippen LogP contribution is 2.26. The average molecular weight is 410 g/mol. The van der Waals surface area contributed by atoms with Gasteiger partial charge in [0.2, 0.25) is 16.9 Å². The van der Waals surface area contributed by atoms with Crippen LogP contribution < -0.4 is 5.84 Å². The highest BCUT2D eigenvalue weighted by atomic mass is 32.2. The first-order valence-corrected chi connectivity index (χ1v) is 10.0. The van der Waals surface area contributed by atoms with E-state index < -0.39 is 5.82 Å². The highest BCUT2D eigenvalue weighted by molar-refractivity contribution is 7.98. The number of aromatic nitrogens is 5. The van der Waals surface area contributed by atoms with Gasteiger partial charge in [0.05, 0.1) is 11.3 Å². The zero-order valence-electron chi connectivity index (χ0n) is 15.9. The van der Waals surface area contributed by atoms with Crippen molar-refractivity contribution in [2.45, 2.75) is 30.7 Å². The SMILES string of the molecule is CC(C)c1ccc(-c2noc(CSc3nnc(-c4ccccc4F)n3N)n2)cc1. The molecule has 2 aromatic carbocycles. The molecule has 29 heavy (non-hydrogen) atoms. The molecule has 0 aliphatic heterocycles. The molecule has 2 N–H and O–H groups in total. The third-order valence-electron chi connectivity index (χ3n) is 4.41. The quantitative estimate of drug-likeness (QED) is 0.375. The number of rotatable bonds is 6. The Morgan fingerprint density at radius 1 is 1.10 bits per heavy atom. The van der Waals surface area contributed by atoms with Gasteiger partial charge >= 0.3 is 0 Å². The summed E-state index contributed by atoms with van der Waals surface area (Å²) in [6.07, 6.45) is 0. The van der Waals surface area contributed by atoms with Crippen LogP contribution in [-0.2, 0) is 5.75 Å². The Morgan fingerprint density at radius 3 is 2.59 bits per heavy atom. The fourth-order valence-corrected chi connectivity index (χ4v) is 3.47. The molecule has 2 heterocycles. The van der Waals surface area contributed by atoms with Crippen molar-refractivity contribution in [3.8, 4) is 22.8 Å². The van der Waals surface area contributed by atoms with Crippen molar-refractivity contribution in [3.05, 3.63) is 65.8 Å². The number of benzene rings is 2. The maximum Gasteiger partial charge on any atom is 0.237 e. The predicted octanol–water partition coefficient (Wildman–Crippen LogP) is 4.26. The van der Waals surface area contributed by atoms with Crippen LogP contribution in [0.1, 0.15) is 31.2 Å². The summed E-state index contributed by atoms with van der Waals surface area (Å²) in [6.45, 7) is 4.29. The van der Waals surface area contributed by atoms with Crippen molar-refractivity contribution >= 4 is 11.8 Å². The van der Waals surface area contributed by atoms with Crippen LogP contribution in [0.3, 0.4) is 0 Å². The first-order chi connectivity index (χ1) is 14.0. The third kappa shape index (κ3) is 4.00. The number of thioether (sulfide) groups is 1. The molecule has 0 radical (unpaired) electrons. The molecule has 0 bridgehead atoms. The molecule has 0 atom stereocenters. The van der Waals surface area contributed by atoms with E-state index in [2.05, 4.69) is 46.3 Å². The van der Waals surface area contributed by atoms with Crippen LogP contribution in [0.4, 0.5) is 4.39 Å². The van der Waals surface area contributed by atoms with Crippen molar-refractivity contribution in [3.63, 3.8) is 0 Å². The Morgan fingerprint density at radius 2 is 1.86 bits per heavy atom. The second kappa shape index (κ2) is 8.04. The summed E-state index contributed by atoms with van der Waals surface area (Å²) in [5.41, 5.74) is 2.43. The smallest absolute Gasteiger partial charge is 0.237 e. The molecule has 4 aromatic rings. The number of halogens is 1. The van der Waals surface area contributed by atoms with E-state index in [4.69, 9.17) is 10.4 Å². The normalized spacial score (nSPS) is 11.3. The lowest BCUT2D eigenvalue weighted by Gasteiger charge is -2.04. The fourth-order valence-electron chi connectivity index (χ4n) is 2.78. The van der Waals surface area contributed by atoms with Crippen LogP contribution in [0.5, 0.6) is 0 Å². The van der Waals surface area contributed by atoms with Crippen LogP contribution in [0, 0.1) is 5.82 Å². The summed E-state index contributed by atoms with van der Waals surface area (Å²) in [7, 11) is 0. The Bertz CT molecular complexity index is 1120. The van der Waals surface area contributed by atoms with E-state index in [-0.39, 0.29) is 5.82 Å². The first kappa shape index (κ1) is 19.1. The zero-order valence-corrected chi connectivity index (χ0v) is 16.7. The van der Waals surface area contributed by atoms with Crippen LogP contribution >= 0.6 is 11.8 Å². The van der Waals surface area contributed by atoms with Crippen molar-refractivity contribution in [2.24, 2.45) is 0 Å². The highest BCUT2D eigenvalue weighted by Gasteiger charge is 2.17. The van der Waals surface area contributed by atoms with Crippen molar-refractivity contribution in [2.75, 3.05) is 5.84 Å². The van der Waals surface area contributed by atoms with E-state index >= 15 is 0 Å². The predicted molar refractivity (Wildman–Crippen MR) is 109 cm³/mol. The molecule has 0 saturated carbocycles. The van der Waals surface area contributed by atoms with Crippen LogP contribution in [0.15, 0.2) is 58.2 Å². The standard InChI is InChI=1S/C20H19FN6OS/c1-12(2)13-7-9-14(10-8-13)18-23-17(28-26-18)11-29-20-25-24-19(27(20)22)15-5-3-4-6-16(15)21/h3-10,12H,11,22H2,1-2H3. The number of nitrogen functional groups attached to an aromatic ring is 1. The Kier molecular flexibility index (Phi) is 5.30. The molecule has 0 fully saturated rings. The molecule has 0 saturated heterocycles. The summed E-state index contributed by atoms with van der Waals surface area (Å²) in [6, 6.07) is 14.4. The molecule has 0 spiro atoms. The summed E-state index contributed by atoms with van der Waals surface area (Å²) >= 11 is 1.28. The number of nitrogens with two attached hydrogens (primary N) is 1. The van der Waals surface area contributed by atoms with E-state index in [1.54, 1.807) is 18.2 Å². The average Bonchev–Trinajstić information content (AvgIpc) is 3.34. The van der Waals surface area contributed by atoms with Gasteiger partial charge in [-0.2, -0.15) is 4.98 Å². The van der Waals surface area contributed by atoms with Crippen LogP contribution in [-0.4, -0.2) is 25.0 Å².